The van der Waals surface area contributed by atoms with Crippen LogP contribution >= 0.6 is 0 Å². The van der Waals surface area contributed by atoms with E-state index in [1.807, 2.05) is 6.07 Å². The fraction of sp³-hybridized carbons (Fsp3) is 0.455. The minimum Gasteiger partial charge on any atom is -0.371 e. The van der Waals surface area contributed by atoms with Crippen LogP contribution in [0.25, 0.3) is 0 Å². The highest BCUT2D eigenvalue weighted by Gasteiger charge is 2.27. The van der Waals surface area contributed by atoms with Crippen LogP contribution in [0.3, 0.4) is 0 Å². The summed E-state index contributed by atoms with van der Waals surface area (Å²) in [5.41, 5.74) is 1.15. The molecule has 0 saturated heterocycles. The Balaban J connectivity index is 2.16. The largest absolute Gasteiger partial charge is 0.411 e. The van der Waals surface area contributed by atoms with Crippen molar-refractivity contribution in [3.8, 4) is 6.07 Å². The first kappa shape index (κ1) is 14.4. The number of alkyl halides is 3. The van der Waals surface area contributed by atoms with Gasteiger partial charge in [0.05, 0.1) is 6.61 Å². The summed E-state index contributed by atoms with van der Waals surface area (Å²) in [7, 11) is 0. The molecule has 0 fully saturated rings. The fourth-order valence-corrected chi connectivity index (χ4v) is 1.21. The summed E-state index contributed by atoms with van der Waals surface area (Å²) in [6.07, 6.45) is -2.78. The molecule has 0 spiro atoms. The lowest BCUT2D eigenvalue weighted by Crippen LogP contribution is -2.23. The molecule has 1 N–H and O–H groups in total. The van der Waals surface area contributed by atoms with Crippen molar-refractivity contribution in [2.45, 2.75) is 12.7 Å². The van der Waals surface area contributed by atoms with E-state index >= 15 is 0 Å². The first-order valence-electron chi connectivity index (χ1n) is 5.21. The molecule has 1 aromatic heterocycles. The van der Waals surface area contributed by atoms with Crippen molar-refractivity contribution < 1.29 is 17.9 Å². The van der Waals surface area contributed by atoms with Gasteiger partial charge in [0.15, 0.2) is 0 Å². The van der Waals surface area contributed by atoms with E-state index in [0.717, 1.165) is 5.56 Å². The summed E-state index contributed by atoms with van der Waals surface area (Å²) in [5, 5.41) is 11.5. The number of rotatable bonds is 6. The van der Waals surface area contributed by atoms with E-state index in [9.17, 15) is 13.2 Å². The Bertz CT molecular complexity index is 415. The molecule has 0 atom stereocenters. The maximum Gasteiger partial charge on any atom is 0.411 e. The summed E-state index contributed by atoms with van der Waals surface area (Å²) in [6, 6.07) is 5.25. The van der Waals surface area contributed by atoms with Gasteiger partial charge in [0.2, 0.25) is 0 Å². The molecule has 1 heterocycles. The molecule has 0 aliphatic rings. The molecule has 1 aromatic rings. The minimum atomic E-state index is -4.28. The molecule has 4 nitrogen and oxygen atoms in total. The van der Waals surface area contributed by atoms with Crippen LogP contribution in [0.2, 0.25) is 0 Å². The number of nitriles is 1. The normalized spacial score (nSPS) is 11.2. The van der Waals surface area contributed by atoms with Gasteiger partial charge in [-0.05, 0) is 17.7 Å². The van der Waals surface area contributed by atoms with Gasteiger partial charge in [-0.3, -0.25) is 0 Å². The number of pyridine rings is 1. The Morgan fingerprint density at radius 3 is 2.89 bits per heavy atom. The third kappa shape index (κ3) is 6.18. The third-order valence-electron chi connectivity index (χ3n) is 1.96. The second kappa shape index (κ2) is 6.93. The van der Waals surface area contributed by atoms with E-state index in [4.69, 9.17) is 5.26 Å². The van der Waals surface area contributed by atoms with E-state index in [2.05, 4.69) is 15.0 Å². The van der Waals surface area contributed by atoms with Gasteiger partial charge in [-0.1, -0.05) is 0 Å². The SMILES string of the molecule is N#Cc1cc(CNCCOCC(F)(F)F)ccn1. The second-order valence-corrected chi connectivity index (χ2v) is 3.51. The van der Waals surface area contributed by atoms with E-state index in [1.54, 1.807) is 12.1 Å². The Hall–Kier alpha value is -1.65. The average molecular weight is 259 g/mol. The lowest BCUT2D eigenvalue weighted by atomic mass is 10.2. The highest BCUT2D eigenvalue weighted by atomic mass is 19.4. The Morgan fingerprint density at radius 2 is 2.22 bits per heavy atom. The molecular formula is C11H12F3N3O. The van der Waals surface area contributed by atoms with Gasteiger partial charge in [0.1, 0.15) is 18.4 Å². The number of hydrogen-bond donors (Lipinski definition) is 1. The predicted molar refractivity (Wildman–Crippen MR) is 57.5 cm³/mol. The Kier molecular flexibility index (Phi) is 5.55. The van der Waals surface area contributed by atoms with Gasteiger partial charge in [0, 0.05) is 19.3 Å². The quantitative estimate of drug-likeness (QED) is 0.789. The van der Waals surface area contributed by atoms with Crippen LogP contribution in [-0.4, -0.2) is 30.9 Å². The predicted octanol–water partition coefficient (Wildman–Crippen LogP) is 1.62. The minimum absolute atomic E-state index is 0.0182. The topological polar surface area (TPSA) is 57.9 Å². The molecule has 0 unspecified atom stereocenters. The van der Waals surface area contributed by atoms with Gasteiger partial charge in [0.25, 0.3) is 0 Å². The van der Waals surface area contributed by atoms with Crippen LogP contribution in [0.5, 0.6) is 0 Å². The third-order valence-corrected chi connectivity index (χ3v) is 1.96. The van der Waals surface area contributed by atoms with Crippen molar-refractivity contribution >= 4 is 0 Å². The molecule has 98 valence electrons. The van der Waals surface area contributed by atoms with E-state index in [1.165, 1.54) is 6.20 Å². The zero-order chi connectivity index (χ0) is 13.4. The number of aromatic nitrogens is 1. The maximum absolute atomic E-state index is 11.7. The summed E-state index contributed by atoms with van der Waals surface area (Å²) in [5.74, 6) is 0. The molecule has 0 aliphatic heterocycles. The summed E-state index contributed by atoms with van der Waals surface area (Å²) < 4.78 is 39.6. The molecular weight excluding hydrogens is 247 g/mol. The lowest BCUT2D eigenvalue weighted by molar-refractivity contribution is -0.173. The first-order chi connectivity index (χ1) is 8.51. The lowest BCUT2D eigenvalue weighted by Gasteiger charge is -2.08. The van der Waals surface area contributed by atoms with Gasteiger partial charge in [-0.2, -0.15) is 18.4 Å². The first-order valence-corrected chi connectivity index (χ1v) is 5.21. The molecule has 0 radical (unpaired) electrons. The smallest absolute Gasteiger partial charge is 0.371 e. The number of hydrogen-bond acceptors (Lipinski definition) is 4. The van der Waals surface area contributed by atoms with Crippen molar-refractivity contribution in [3.05, 3.63) is 29.6 Å². The fourth-order valence-electron chi connectivity index (χ4n) is 1.21. The Labute approximate surface area is 102 Å². The van der Waals surface area contributed by atoms with Crippen LogP contribution < -0.4 is 5.32 Å². The maximum atomic E-state index is 11.7. The van der Waals surface area contributed by atoms with Crippen molar-refractivity contribution in [1.29, 1.82) is 5.26 Å². The van der Waals surface area contributed by atoms with Crippen molar-refractivity contribution in [2.75, 3.05) is 19.8 Å². The molecule has 18 heavy (non-hydrogen) atoms. The van der Waals surface area contributed by atoms with Crippen LogP contribution in [0, 0.1) is 11.3 Å². The summed E-state index contributed by atoms with van der Waals surface area (Å²) in [4.78, 5) is 3.80. The van der Waals surface area contributed by atoms with Crippen molar-refractivity contribution in [3.63, 3.8) is 0 Å². The van der Waals surface area contributed by atoms with E-state index in [0.29, 0.717) is 18.8 Å². The summed E-state index contributed by atoms with van der Waals surface area (Å²) in [6.45, 7) is -0.495. The number of nitrogens with one attached hydrogen (secondary N) is 1. The monoisotopic (exact) mass is 259 g/mol. The van der Waals surface area contributed by atoms with Crippen LogP contribution in [-0.2, 0) is 11.3 Å². The van der Waals surface area contributed by atoms with Gasteiger partial charge >= 0.3 is 6.18 Å². The van der Waals surface area contributed by atoms with Gasteiger partial charge < -0.3 is 10.1 Å². The molecule has 0 amide bonds. The zero-order valence-corrected chi connectivity index (χ0v) is 9.50. The molecule has 0 aromatic carbocycles. The zero-order valence-electron chi connectivity index (χ0n) is 9.50. The number of halogens is 3. The number of ether oxygens (including phenoxy) is 1. The van der Waals surface area contributed by atoms with Crippen LogP contribution in [0.15, 0.2) is 18.3 Å². The molecule has 0 aliphatic carbocycles. The van der Waals surface area contributed by atoms with Crippen LogP contribution in [0.4, 0.5) is 13.2 Å². The average Bonchev–Trinajstić information content (AvgIpc) is 2.32. The number of nitrogens with zero attached hydrogens (tertiary/aromatic N) is 2. The van der Waals surface area contributed by atoms with Crippen molar-refractivity contribution in [2.24, 2.45) is 0 Å². The summed E-state index contributed by atoms with van der Waals surface area (Å²) >= 11 is 0. The highest BCUT2D eigenvalue weighted by Crippen LogP contribution is 2.13. The van der Waals surface area contributed by atoms with Crippen LogP contribution in [0.1, 0.15) is 11.3 Å². The Morgan fingerprint density at radius 1 is 1.44 bits per heavy atom. The van der Waals surface area contributed by atoms with Gasteiger partial charge in [-0.15, -0.1) is 0 Å². The molecule has 0 saturated carbocycles. The van der Waals surface area contributed by atoms with Crippen molar-refractivity contribution in [1.82, 2.24) is 10.3 Å². The molecule has 1 rings (SSSR count). The second-order valence-electron chi connectivity index (χ2n) is 3.51. The van der Waals surface area contributed by atoms with Gasteiger partial charge in [-0.25, -0.2) is 4.98 Å². The standard InChI is InChI=1S/C11H12F3N3O/c12-11(13,14)8-18-4-3-16-7-9-1-2-17-10(5-9)6-15/h1-2,5,16H,3-4,7-8H2. The highest BCUT2D eigenvalue weighted by molar-refractivity contribution is 5.25. The van der Waals surface area contributed by atoms with E-state index in [-0.39, 0.29) is 6.61 Å². The molecule has 0 bridgehead atoms. The molecule has 7 heteroatoms. The van der Waals surface area contributed by atoms with E-state index < -0.39 is 12.8 Å².